The highest BCUT2D eigenvalue weighted by atomic mass is 16.5. The van der Waals surface area contributed by atoms with Crippen molar-refractivity contribution < 1.29 is 9.47 Å². The van der Waals surface area contributed by atoms with Crippen LogP contribution in [0.1, 0.15) is 19.4 Å². The fourth-order valence-electron chi connectivity index (χ4n) is 1.21. The van der Waals surface area contributed by atoms with Crippen LogP contribution in [-0.4, -0.2) is 24.3 Å². The molecule has 0 saturated carbocycles. The van der Waals surface area contributed by atoms with Crippen LogP contribution in [0.5, 0.6) is 0 Å². The van der Waals surface area contributed by atoms with Crippen LogP contribution >= 0.6 is 0 Å². The van der Waals surface area contributed by atoms with Gasteiger partial charge in [-0.2, -0.15) is 0 Å². The summed E-state index contributed by atoms with van der Waals surface area (Å²) < 4.78 is 10.8. The van der Waals surface area contributed by atoms with Gasteiger partial charge >= 0.3 is 0 Å². The minimum absolute atomic E-state index is 0.239. The van der Waals surface area contributed by atoms with E-state index in [1.54, 1.807) is 6.20 Å². The van der Waals surface area contributed by atoms with E-state index in [0.717, 1.165) is 5.56 Å². The van der Waals surface area contributed by atoms with Crippen LogP contribution in [0.2, 0.25) is 0 Å². The number of hydrogen-bond acceptors (Lipinski definition) is 5. The number of anilines is 1. The van der Waals surface area contributed by atoms with E-state index in [1.165, 1.54) is 0 Å². The molecular weight excluding hydrogens is 206 g/mol. The Balaban J connectivity index is 2.26. The summed E-state index contributed by atoms with van der Waals surface area (Å²) >= 11 is 0. The minimum atomic E-state index is 0.239. The fourth-order valence-corrected chi connectivity index (χ4v) is 1.21. The molecule has 0 amide bonds. The molecule has 1 heterocycles. The second kappa shape index (κ2) is 7.16. The van der Waals surface area contributed by atoms with Gasteiger partial charge < -0.3 is 14.9 Å². The molecule has 0 radical (unpaired) electrons. The van der Waals surface area contributed by atoms with Crippen LogP contribution in [0.4, 0.5) is 5.82 Å². The largest absolute Gasteiger partial charge is 0.376 e. The van der Waals surface area contributed by atoms with Gasteiger partial charge in [0.25, 0.3) is 0 Å². The second-order valence-electron chi connectivity index (χ2n) is 3.63. The van der Waals surface area contributed by atoms with Gasteiger partial charge in [0.1, 0.15) is 5.82 Å². The molecular formula is C11H19N3O2. The van der Waals surface area contributed by atoms with E-state index in [4.69, 9.17) is 15.3 Å². The lowest BCUT2D eigenvalue weighted by Gasteiger charge is -2.10. The lowest BCUT2D eigenvalue weighted by Crippen LogP contribution is -2.13. The highest BCUT2D eigenvalue weighted by molar-refractivity contribution is 5.41. The van der Waals surface area contributed by atoms with Crippen LogP contribution in [0.3, 0.4) is 0 Å². The number of rotatable bonds is 7. The Morgan fingerprint density at radius 3 is 2.94 bits per heavy atom. The number of nitrogen functional groups attached to an aromatic ring is 1. The summed E-state index contributed by atoms with van der Waals surface area (Å²) in [5.74, 6) is 5.97. The van der Waals surface area contributed by atoms with Crippen molar-refractivity contribution in [3.05, 3.63) is 23.9 Å². The summed E-state index contributed by atoms with van der Waals surface area (Å²) in [7, 11) is 0. The summed E-state index contributed by atoms with van der Waals surface area (Å²) in [6, 6.07) is 3.77. The zero-order valence-electron chi connectivity index (χ0n) is 9.77. The quantitative estimate of drug-likeness (QED) is 0.416. The standard InChI is InChI=1S/C11H19N3O2/c1-9(2)16-7-6-15-8-10-4-3-5-13-11(10)14-12/h3-5,9H,6-8,12H2,1-2H3,(H,13,14). The monoisotopic (exact) mass is 225 g/mol. The summed E-state index contributed by atoms with van der Waals surface area (Å²) in [4.78, 5) is 4.08. The predicted molar refractivity (Wildman–Crippen MR) is 62.8 cm³/mol. The third kappa shape index (κ3) is 4.57. The lowest BCUT2D eigenvalue weighted by atomic mass is 10.3. The van der Waals surface area contributed by atoms with E-state index >= 15 is 0 Å². The third-order valence-electron chi connectivity index (χ3n) is 1.96. The molecule has 1 rings (SSSR count). The van der Waals surface area contributed by atoms with E-state index in [9.17, 15) is 0 Å². The molecule has 0 aromatic carbocycles. The molecule has 3 N–H and O–H groups in total. The normalized spacial score (nSPS) is 10.8. The van der Waals surface area contributed by atoms with E-state index in [-0.39, 0.29) is 6.10 Å². The van der Waals surface area contributed by atoms with Gasteiger partial charge in [0.15, 0.2) is 0 Å². The highest BCUT2D eigenvalue weighted by Crippen LogP contribution is 2.10. The Bertz CT molecular complexity index is 305. The predicted octanol–water partition coefficient (Wildman–Crippen LogP) is 1.31. The van der Waals surface area contributed by atoms with Crippen molar-refractivity contribution in [3.8, 4) is 0 Å². The van der Waals surface area contributed by atoms with E-state index in [2.05, 4.69) is 10.4 Å². The molecule has 0 aliphatic carbocycles. The molecule has 90 valence electrons. The summed E-state index contributed by atoms with van der Waals surface area (Å²) in [6.45, 7) is 5.64. The lowest BCUT2D eigenvalue weighted by molar-refractivity contribution is 0.0143. The minimum Gasteiger partial charge on any atom is -0.376 e. The van der Waals surface area contributed by atoms with Crippen molar-refractivity contribution in [3.63, 3.8) is 0 Å². The van der Waals surface area contributed by atoms with Crippen LogP contribution in [-0.2, 0) is 16.1 Å². The number of pyridine rings is 1. The molecule has 1 aromatic rings. The SMILES string of the molecule is CC(C)OCCOCc1cccnc1NN. The Morgan fingerprint density at radius 2 is 2.25 bits per heavy atom. The summed E-state index contributed by atoms with van der Waals surface area (Å²) in [6.07, 6.45) is 1.92. The molecule has 16 heavy (non-hydrogen) atoms. The first-order valence-corrected chi connectivity index (χ1v) is 5.34. The van der Waals surface area contributed by atoms with Crippen molar-refractivity contribution in [2.45, 2.75) is 26.6 Å². The maximum Gasteiger partial charge on any atom is 0.145 e. The Morgan fingerprint density at radius 1 is 1.44 bits per heavy atom. The Labute approximate surface area is 95.9 Å². The third-order valence-corrected chi connectivity index (χ3v) is 1.96. The number of nitrogens with two attached hydrogens (primary N) is 1. The van der Waals surface area contributed by atoms with Gasteiger partial charge in [-0.1, -0.05) is 6.07 Å². The van der Waals surface area contributed by atoms with E-state index < -0.39 is 0 Å². The zero-order chi connectivity index (χ0) is 11.8. The van der Waals surface area contributed by atoms with Gasteiger partial charge in [-0.25, -0.2) is 10.8 Å². The smallest absolute Gasteiger partial charge is 0.145 e. The molecule has 0 spiro atoms. The Hall–Kier alpha value is -1.17. The number of ether oxygens (including phenoxy) is 2. The molecule has 5 nitrogen and oxygen atoms in total. The van der Waals surface area contributed by atoms with E-state index in [0.29, 0.717) is 25.6 Å². The molecule has 5 heteroatoms. The van der Waals surface area contributed by atoms with Crippen molar-refractivity contribution in [1.29, 1.82) is 0 Å². The second-order valence-corrected chi connectivity index (χ2v) is 3.63. The number of hydrogen-bond donors (Lipinski definition) is 2. The molecule has 0 aliphatic heterocycles. The average Bonchev–Trinajstić information content (AvgIpc) is 2.29. The van der Waals surface area contributed by atoms with Gasteiger partial charge in [0, 0.05) is 11.8 Å². The molecule has 0 bridgehead atoms. The van der Waals surface area contributed by atoms with E-state index in [1.807, 2.05) is 26.0 Å². The van der Waals surface area contributed by atoms with Gasteiger partial charge in [-0.05, 0) is 19.9 Å². The Kier molecular flexibility index (Phi) is 5.77. The van der Waals surface area contributed by atoms with Crippen LogP contribution in [0.15, 0.2) is 18.3 Å². The van der Waals surface area contributed by atoms with Crippen LogP contribution in [0.25, 0.3) is 0 Å². The van der Waals surface area contributed by atoms with Gasteiger partial charge in [0.2, 0.25) is 0 Å². The molecule has 0 unspecified atom stereocenters. The molecule has 0 aliphatic rings. The van der Waals surface area contributed by atoms with Crippen molar-refractivity contribution in [1.82, 2.24) is 4.98 Å². The topological polar surface area (TPSA) is 69.4 Å². The van der Waals surface area contributed by atoms with Gasteiger partial charge in [0.05, 0.1) is 25.9 Å². The number of nitrogens with one attached hydrogen (secondary N) is 1. The first-order chi connectivity index (χ1) is 7.74. The molecule has 1 aromatic heterocycles. The van der Waals surface area contributed by atoms with Crippen molar-refractivity contribution in [2.24, 2.45) is 5.84 Å². The maximum atomic E-state index is 5.45. The summed E-state index contributed by atoms with van der Waals surface area (Å²) in [5.41, 5.74) is 3.47. The van der Waals surface area contributed by atoms with Crippen molar-refractivity contribution >= 4 is 5.82 Å². The van der Waals surface area contributed by atoms with Crippen LogP contribution in [0, 0.1) is 0 Å². The molecule has 0 fully saturated rings. The molecule has 0 atom stereocenters. The first kappa shape index (κ1) is 12.9. The van der Waals surface area contributed by atoms with Crippen LogP contribution < -0.4 is 11.3 Å². The molecule has 0 saturated heterocycles. The fraction of sp³-hybridized carbons (Fsp3) is 0.545. The maximum absolute atomic E-state index is 5.45. The highest BCUT2D eigenvalue weighted by Gasteiger charge is 2.01. The zero-order valence-corrected chi connectivity index (χ0v) is 9.77. The van der Waals surface area contributed by atoms with Crippen molar-refractivity contribution in [2.75, 3.05) is 18.6 Å². The number of hydrazine groups is 1. The number of nitrogens with zero attached hydrogens (tertiary/aromatic N) is 1. The first-order valence-electron chi connectivity index (χ1n) is 5.34. The average molecular weight is 225 g/mol. The summed E-state index contributed by atoms with van der Waals surface area (Å²) in [5, 5.41) is 0. The van der Waals surface area contributed by atoms with Gasteiger partial charge in [-0.3, -0.25) is 0 Å². The number of aromatic nitrogens is 1. The van der Waals surface area contributed by atoms with Gasteiger partial charge in [-0.15, -0.1) is 0 Å².